The third-order valence-corrected chi connectivity index (χ3v) is 9.14. The van der Waals surface area contributed by atoms with Crippen LogP contribution in [0.4, 0.5) is 0 Å². The van der Waals surface area contributed by atoms with Gasteiger partial charge in [-0.2, -0.15) is 0 Å². The lowest BCUT2D eigenvalue weighted by Crippen LogP contribution is -2.47. The van der Waals surface area contributed by atoms with Gasteiger partial charge in [0.15, 0.2) is 8.32 Å². The topological polar surface area (TPSA) is 18.5 Å². The standard InChI is InChI=1S/C14H26Br2O2Si/c1-14(2,3)19(4,5)18-11-8-6-7-9-17-12(11)10-13(15)16/h10-12H,6-9H2,1-5H3/t11-,12+/m0/s1. The molecule has 1 aliphatic heterocycles. The van der Waals surface area contributed by atoms with E-state index in [1.165, 1.54) is 6.42 Å². The largest absolute Gasteiger partial charge is 0.411 e. The zero-order valence-electron chi connectivity index (χ0n) is 12.6. The van der Waals surface area contributed by atoms with Crippen LogP contribution < -0.4 is 0 Å². The van der Waals surface area contributed by atoms with Crippen molar-refractivity contribution in [3.63, 3.8) is 0 Å². The summed E-state index contributed by atoms with van der Waals surface area (Å²) in [4.78, 5) is 0. The predicted octanol–water partition coefficient (Wildman–Crippen LogP) is 5.58. The summed E-state index contributed by atoms with van der Waals surface area (Å²) >= 11 is 6.87. The summed E-state index contributed by atoms with van der Waals surface area (Å²) in [6.45, 7) is 12.3. The summed E-state index contributed by atoms with van der Waals surface area (Å²) < 4.78 is 13.5. The van der Waals surface area contributed by atoms with E-state index in [9.17, 15) is 0 Å². The minimum atomic E-state index is -1.75. The van der Waals surface area contributed by atoms with Crippen LogP contribution in [0.5, 0.6) is 0 Å². The van der Waals surface area contributed by atoms with Crippen LogP contribution in [0.2, 0.25) is 18.1 Å². The number of ether oxygens (including phenoxy) is 1. The number of rotatable bonds is 3. The first-order valence-electron chi connectivity index (χ1n) is 6.96. The van der Waals surface area contributed by atoms with E-state index < -0.39 is 8.32 Å². The highest BCUT2D eigenvalue weighted by atomic mass is 79.9. The van der Waals surface area contributed by atoms with Crippen molar-refractivity contribution in [3.8, 4) is 0 Å². The van der Waals surface area contributed by atoms with Gasteiger partial charge in [0.1, 0.15) is 6.10 Å². The highest BCUT2D eigenvalue weighted by Gasteiger charge is 2.40. The fraction of sp³-hybridized carbons (Fsp3) is 0.857. The molecular formula is C14H26Br2O2Si. The second kappa shape index (κ2) is 7.21. The molecule has 0 bridgehead atoms. The van der Waals surface area contributed by atoms with Crippen molar-refractivity contribution in [1.82, 2.24) is 0 Å². The maximum Gasteiger partial charge on any atom is 0.192 e. The molecule has 1 heterocycles. The zero-order chi connectivity index (χ0) is 14.7. The molecule has 1 aliphatic rings. The van der Waals surface area contributed by atoms with E-state index in [1.54, 1.807) is 0 Å². The van der Waals surface area contributed by atoms with Gasteiger partial charge < -0.3 is 9.16 Å². The van der Waals surface area contributed by atoms with Crippen LogP contribution in [0.1, 0.15) is 40.0 Å². The second-order valence-corrected chi connectivity index (χ2v) is 14.2. The van der Waals surface area contributed by atoms with Crippen LogP contribution in [0.3, 0.4) is 0 Å². The SMILES string of the molecule is CC(C)(C)[Si](C)(C)O[C@H]1CCCCO[C@@H]1C=C(Br)Br. The molecule has 2 nitrogen and oxygen atoms in total. The van der Waals surface area contributed by atoms with Crippen LogP contribution in [0.15, 0.2) is 9.47 Å². The Bertz CT molecular complexity index is 320. The van der Waals surface area contributed by atoms with Crippen molar-refractivity contribution in [2.75, 3.05) is 6.61 Å². The second-order valence-electron chi connectivity index (χ2n) is 6.70. The lowest BCUT2D eigenvalue weighted by molar-refractivity contribution is 0.00958. The first kappa shape index (κ1) is 17.9. The Balaban J connectivity index is 2.84. The Morgan fingerprint density at radius 2 is 1.89 bits per heavy atom. The molecule has 0 unspecified atom stereocenters. The molecule has 0 aromatic rings. The van der Waals surface area contributed by atoms with Gasteiger partial charge in [0.2, 0.25) is 0 Å². The third-order valence-electron chi connectivity index (χ3n) is 4.10. The fourth-order valence-corrected chi connectivity index (χ4v) is 3.78. The van der Waals surface area contributed by atoms with E-state index in [4.69, 9.17) is 9.16 Å². The molecule has 19 heavy (non-hydrogen) atoms. The van der Waals surface area contributed by atoms with Gasteiger partial charge in [-0.15, -0.1) is 0 Å². The molecule has 5 heteroatoms. The van der Waals surface area contributed by atoms with Gasteiger partial charge in [0.05, 0.1) is 9.50 Å². The molecule has 112 valence electrons. The van der Waals surface area contributed by atoms with E-state index in [-0.39, 0.29) is 17.2 Å². The van der Waals surface area contributed by atoms with Crippen molar-refractivity contribution in [2.45, 2.75) is 70.4 Å². The number of halogens is 2. The molecule has 0 spiro atoms. The Morgan fingerprint density at radius 3 is 2.42 bits per heavy atom. The predicted molar refractivity (Wildman–Crippen MR) is 91.6 cm³/mol. The summed E-state index contributed by atoms with van der Waals surface area (Å²) in [5, 5.41) is 0.235. The zero-order valence-corrected chi connectivity index (χ0v) is 16.8. The Hall–Kier alpha value is 0.837. The first-order chi connectivity index (χ1) is 8.63. The summed E-state index contributed by atoms with van der Waals surface area (Å²) in [6.07, 6.45) is 5.69. The third kappa shape index (κ3) is 5.62. The maximum absolute atomic E-state index is 6.56. The molecule has 0 aromatic heterocycles. The number of hydrogen-bond acceptors (Lipinski definition) is 2. The van der Waals surface area contributed by atoms with Crippen LogP contribution in [0, 0.1) is 0 Å². The molecule has 0 N–H and O–H groups in total. The van der Waals surface area contributed by atoms with E-state index in [0.717, 1.165) is 22.8 Å². The first-order valence-corrected chi connectivity index (χ1v) is 11.5. The summed E-state index contributed by atoms with van der Waals surface area (Å²) in [5.74, 6) is 0. The van der Waals surface area contributed by atoms with E-state index in [1.807, 2.05) is 0 Å². The van der Waals surface area contributed by atoms with Gasteiger partial charge in [0.25, 0.3) is 0 Å². The van der Waals surface area contributed by atoms with Gasteiger partial charge in [-0.05, 0) is 75.3 Å². The number of hydrogen-bond donors (Lipinski definition) is 0. The van der Waals surface area contributed by atoms with Gasteiger partial charge in [0, 0.05) is 6.61 Å². The van der Waals surface area contributed by atoms with Crippen LogP contribution in [-0.4, -0.2) is 27.1 Å². The monoisotopic (exact) mass is 412 g/mol. The van der Waals surface area contributed by atoms with Gasteiger partial charge in [-0.25, -0.2) is 0 Å². The Labute approximate surface area is 135 Å². The van der Waals surface area contributed by atoms with Crippen molar-refractivity contribution in [1.29, 1.82) is 0 Å². The Morgan fingerprint density at radius 1 is 1.26 bits per heavy atom. The lowest BCUT2D eigenvalue weighted by Gasteiger charge is -2.40. The van der Waals surface area contributed by atoms with Crippen molar-refractivity contribution < 1.29 is 9.16 Å². The van der Waals surface area contributed by atoms with Crippen molar-refractivity contribution in [3.05, 3.63) is 9.47 Å². The molecule has 2 atom stereocenters. The van der Waals surface area contributed by atoms with E-state index in [2.05, 4.69) is 71.8 Å². The minimum Gasteiger partial charge on any atom is -0.411 e. The molecule has 1 saturated heterocycles. The fourth-order valence-electron chi connectivity index (χ4n) is 1.90. The summed E-state index contributed by atoms with van der Waals surface area (Å²) in [7, 11) is -1.75. The summed E-state index contributed by atoms with van der Waals surface area (Å²) in [5.41, 5.74) is 0. The van der Waals surface area contributed by atoms with E-state index in [0.29, 0.717) is 0 Å². The highest BCUT2D eigenvalue weighted by molar-refractivity contribution is 9.28. The average Bonchev–Trinajstić information content (AvgIpc) is 2.42. The van der Waals surface area contributed by atoms with Crippen LogP contribution >= 0.6 is 31.9 Å². The smallest absolute Gasteiger partial charge is 0.192 e. The van der Waals surface area contributed by atoms with Gasteiger partial charge in [-0.3, -0.25) is 0 Å². The lowest BCUT2D eigenvalue weighted by atomic mass is 10.1. The molecule has 0 aliphatic carbocycles. The normalized spacial score (nSPS) is 25.8. The summed E-state index contributed by atoms with van der Waals surface area (Å²) in [6, 6.07) is 0. The molecule has 1 fully saturated rings. The van der Waals surface area contributed by atoms with Crippen molar-refractivity contribution in [2.24, 2.45) is 0 Å². The highest BCUT2D eigenvalue weighted by Crippen LogP contribution is 2.39. The van der Waals surface area contributed by atoms with E-state index >= 15 is 0 Å². The molecule has 0 radical (unpaired) electrons. The molecule has 0 aromatic carbocycles. The van der Waals surface area contributed by atoms with Gasteiger partial charge in [-0.1, -0.05) is 20.8 Å². The average molecular weight is 414 g/mol. The minimum absolute atomic E-state index is 0.0466. The molecule has 0 saturated carbocycles. The maximum atomic E-state index is 6.56. The molecule has 1 rings (SSSR count). The molecular weight excluding hydrogens is 388 g/mol. The Kier molecular flexibility index (Phi) is 6.78. The molecule has 0 amide bonds. The van der Waals surface area contributed by atoms with Crippen LogP contribution in [0.25, 0.3) is 0 Å². The van der Waals surface area contributed by atoms with Crippen molar-refractivity contribution >= 4 is 40.2 Å². The quantitative estimate of drug-likeness (QED) is 0.562. The van der Waals surface area contributed by atoms with Crippen LogP contribution in [-0.2, 0) is 9.16 Å². The van der Waals surface area contributed by atoms with Gasteiger partial charge >= 0.3 is 0 Å².